The molecule has 0 saturated heterocycles. The SMILES string of the molecule is C=CC[C@@H](F)[C@H](O)CSc1ccc(C)cc1. The Bertz CT molecular complexity index is 323. The molecule has 0 bridgehead atoms. The van der Waals surface area contributed by atoms with Gasteiger partial charge in [-0.1, -0.05) is 23.8 Å². The van der Waals surface area contributed by atoms with Crippen molar-refractivity contribution in [1.29, 1.82) is 0 Å². The van der Waals surface area contributed by atoms with Gasteiger partial charge in [0.15, 0.2) is 0 Å². The third kappa shape index (κ3) is 4.37. The molecule has 0 unspecified atom stereocenters. The van der Waals surface area contributed by atoms with Crippen molar-refractivity contribution in [2.75, 3.05) is 5.75 Å². The van der Waals surface area contributed by atoms with Gasteiger partial charge in [-0.25, -0.2) is 4.39 Å². The number of halogens is 1. The first-order valence-corrected chi connectivity index (χ1v) is 6.24. The molecule has 0 aliphatic carbocycles. The zero-order valence-electron chi connectivity index (χ0n) is 9.40. The van der Waals surface area contributed by atoms with E-state index in [4.69, 9.17) is 0 Å². The molecule has 1 aromatic carbocycles. The van der Waals surface area contributed by atoms with Crippen LogP contribution in [-0.4, -0.2) is 23.1 Å². The number of aliphatic hydroxyl groups is 1. The van der Waals surface area contributed by atoms with Gasteiger partial charge in [-0.2, -0.15) is 0 Å². The van der Waals surface area contributed by atoms with Crippen molar-refractivity contribution in [1.82, 2.24) is 0 Å². The fraction of sp³-hybridized carbons (Fsp3) is 0.385. The molecule has 0 amide bonds. The second-order valence-corrected chi connectivity index (χ2v) is 4.83. The van der Waals surface area contributed by atoms with Crippen molar-refractivity contribution in [3.05, 3.63) is 42.5 Å². The number of aryl methyl sites for hydroxylation is 1. The summed E-state index contributed by atoms with van der Waals surface area (Å²) in [7, 11) is 0. The molecule has 0 radical (unpaired) electrons. The maximum absolute atomic E-state index is 13.2. The molecule has 0 aliphatic rings. The van der Waals surface area contributed by atoms with E-state index in [-0.39, 0.29) is 6.42 Å². The second-order valence-electron chi connectivity index (χ2n) is 3.73. The summed E-state index contributed by atoms with van der Waals surface area (Å²) in [5, 5.41) is 9.52. The third-order valence-electron chi connectivity index (χ3n) is 2.25. The first kappa shape index (κ1) is 13.3. The van der Waals surface area contributed by atoms with Crippen LogP contribution in [0.1, 0.15) is 12.0 Å². The van der Waals surface area contributed by atoms with Gasteiger partial charge in [-0.05, 0) is 25.5 Å². The van der Waals surface area contributed by atoms with Crippen LogP contribution in [0.5, 0.6) is 0 Å². The lowest BCUT2D eigenvalue weighted by atomic mass is 10.2. The molecule has 2 atom stereocenters. The van der Waals surface area contributed by atoms with Gasteiger partial charge >= 0.3 is 0 Å². The zero-order valence-corrected chi connectivity index (χ0v) is 10.2. The van der Waals surface area contributed by atoms with Gasteiger partial charge in [-0.3, -0.25) is 0 Å². The number of thioether (sulfide) groups is 1. The molecular weight excluding hydrogens is 223 g/mol. The normalized spacial score (nSPS) is 14.4. The molecule has 88 valence electrons. The number of alkyl halides is 1. The van der Waals surface area contributed by atoms with Crippen molar-refractivity contribution in [2.45, 2.75) is 30.5 Å². The number of hydrogen-bond acceptors (Lipinski definition) is 2. The van der Waals surface area contributed by atoms with E-state index in [1.807, 2.05) is 31.2 Å². The van der Waals surface area contributed by atoms with E-state index in [0.29, 0.717) is 5.75 Å². The minimum atomic E-state index is -1.21. The zero-order chi connectivity index (χ0) is 12.0. The Balaban J connectivity index is 2.39. The molecule has 1 N–H and O–H groups in total. The van der Waals surface area contributed by atoms with Crippen molar-refractivity contribution in [3.8, 4) is 0 Å². The monoisotopic (exact) mass is 240 g/mol. The first-order chi connectivity index (χ1) is 7.63. The Labute approximate surface area is 100 Å². The van der Waals surface area contributed by atoms with Gasteiger partial charge in [0.25, 0.3) is 0 Å². The average molecular weight is 240 g/mol. The fourth-order valence-corrected chi connectivity index (χ4v) is 2.14. The van der Waals surface area contributed by atoms with E-state index in [9.17, 15) is 9.50 Å². The van der Waals surface area contributed by atoms with E-state index in [2.05, 4.69) is 6.58 Å². The minimum absolute atomic E-state index is 0.204. The average Bonchev–Trinajstić information content (AvgIpc) is 2.28. The van der Waals surface area contributed by atoms with Gasteiger partial charge in [0.05, 0.1) is 6.10 Å². The summed E-state index contributed by atoms with van der Waals surface area (Å²) in [6.07, 6.45) is -0.445. The highest BCUT2D eigenvalue weighted by molar-refractivity contribution is 7.99. The fourth-order valence-electron chi connectivity index (χ4n) is 1.24. The van der Waals surface area contributed by atoms with Crippen LogP contribution in [0.2, 0.25) is 0 Å². The number of benzene rings is 1. The standard InChI is InChI=1S/C13H17FOS/c1-3-4-12(14)13(15)9-16-11-7-5-10(2)6-8-11/h3,5-8,12-13,15H,1,4,9H2,2H3/t12-,13-/m1/s1. The van der Waals surface area contributed by atoms with E-state index < -0.39 is 12.3 Å². The molecule has 0 spiro atoms. The second kappa shape index (κ2) is 6.71. The van der Waals surface area contributed by atoms with Gasteiger partial charge in [0.2, 0.25) is 0 Å². The first-order valence-electron chi connectivity index (χ1n) is 5.26. The molecule has 0 aliphatic heterocycles. The van der Waals surface area contributed by atoms with E-state index in [0.717, 1.165) is 4.90 Å². The Hall–Kier alpha value is -0.800. The molecule has 1 aromatic rings. The molecule has 1 nitrogen and oxygen atoms in total. The van der Waals surface area contributed by atoms with Crippen molar-refractivity contribution in [3.63, 3.8) is 0 Å². The molecular formula is C13H17FOS. The molecule has 0 saturated carbocycles. The van der Waals surface area contributed by atoms with Gasteiger partial charge in [0, 0.05) is 10.6 Å². The highest BCUT2D eigenvalue weighted by Gasteiger charge is 2.16. The third-order valence-corrected chi connectivity index (χ3v) is 3.36. The Morgan fingerprint density at radius 1 is 1.44 bits per heavy atom. The highest BCUT2D eigenvalue weighted by atomic mass is 32.2. The van der Waals surface area contributed by atoms with E-state index in [1.54, 1.807) is 0 Å². The predicted octanol–water partition coefficient (Wildman–Crippen LogP) is 3.36. The summed E-state index contributed by atoms with van der Waals surface area (Å²) in [6, 6.07) is 7.97. The maximum Gasteiger partial charge on any atom is 0.130 e. The quantitative estimate of drug-likeness (QED) is 0.608. The minimum Gasteiger partial charge on any atom is -0.389 e. The van der Waals surface area contributed by atoms with Crippen molar-refractivity contribution < 1.29 is 9.50 Å². The van der Waals surface area contributed by atoms with Crippen LogP contribution < -0.4 is 0 Å². The van der Waals surface area contributed by atoms with Crippen LogP contribution in [0.3, 0.4) is 0 Å². The molecule has 16 heavy (non-hydrogen) atoms. The van der Waals surface area contributed by atoms with Crippen molar-refractivity contribution in [2.24, 2.45) is 0 Å². The lowest BCUT2D eigenvalue weighted by Crippen LogP contribution is -2.23. The molecule has 0 fully saturated rings. The molecule has 0 heterocycles. The summed E-state index contributed by atoms with van der Waals surface area (Å²) >= 11 is 1.47. The van der Waals surface area contributed by atoms with Gasteiger partial charge in [-0.15, -0.1) is 18.3 Å². The Morgan fingerprint density at radius 3 is 2.62 bits per heavy atom. The Morgan fingerprint density at radius 2 is 2.06 bits per heavy atom. The molecule has 3 heteroatoms. The lowest BCUT2D eigenvalue weighted by molar-refractivity contribution is 0.0986. The lowest BCUT2D eigenvalue weighted by Gasteiger charge is -2.13. The molecule has 1 rings (SSSR count). The summed E-state index contributed by atoms with van der Waals surface area (Å²) in [5.74, 6) is 0.373. The largest absolute Gasteiger partial charge is 0.389 e. The van der Waals surface area contributed by atoms with Crippen LogP contribution >= 0.6 is 11.8 Å². The van der Waals surface area contributed by atoms with Crippen LogP contribution in [0, 0.1) is 6.92 Å². The van der Waals surface area contributed by atoms with Crippen LogP contribution in [0.4, 0.5) is 4.39 Å². The number of hydrogen-bond donors (Lipinski definition) is 1. The van der Waals surface area contributed by atoms with Crippen molar-refractivity contribution >= 4 is 11.8 Å². The summed E-state index contributed by atoms with van der Waals surface area (Å²) < 4.78 is 13.2. The maximum atomic E-state index is 13.2. The van der Waals surface area contributed by atoms with E-state index in [1.165, 1.54) is 23.4 Å². The number of rotatable bonds is 6. The van der Waals surface area contributed by atoms with Crippen LogP contribution in [0.15, 0.2) is 41.8 Å². The van der Waals surface area contributed by atoms with Gasteiger partial charge in [0.1, 0.15) is 6.17 Å². The van der Waals surface area contributed by atoms with Gasteiger partial charge < -0.3 is 5.11 Å². The summed E-state index contributed by atoms with van der Waals surface area (Å²) in [6.45, 7) is 5.47. The molecule has 0 aromatic heterocycles. The number of allylic oxidation sites excluding steroid dienone is 1. The summed E-state index contributed by atoms with van der Waals surface area (Å²) in [4.78, 5) is 1.05. The van der Waals surface area contributed by atoms with Crippen LogP contribution in [-0.2, 0) is 0 Å². The van der Waals surface area contributed by atoms with E-state index >= 15 is 0 Å². The van der Waals surface area contributed by atoms with Crippen LogP contribution in [0.25, 0.3) is 0 Å². The number of aliphatic hydroxyl groups excluding tert-OH is 1. The predicted molar refractivity (Wildman–Crippen MR) is 67.6 cm³/mol. The topological polar surface area (TPSA) is 20.2 Å². The Kier molecular flexibility index (Phi) is 5.56. The summed E-state index contributed by atoms with van der Waals surface area (Å²) in [5.41, 5.74) is 1.19. The highest BCUT2D eigenvalue weighted by Crippen LogP contribution is 2.21. The smallest absolute Gasteiger partial charge is 0.130 e.